The van der Waals surface area contributed by atoms with Crippen LogP contribution in [0.5, 0.6) is 0 Å². The van der Waals surface area contributed by atoms with E-state index in [0.717, 1.165) is 10.4 Å². The monoisotopic (exact) mass is 319 g/mol. The van der Waals surface area contributed by atoms with E-state index in [9.17, 15) is 22.9 Å². The van der Waals surface area contributed by atoms with Gasteiger partial charge < -0.3 is 10.1 Å². The molecule has 1 fully saturated rings. The van der Waals surface area contributed by atoms with Crippen molar-refractivity contribution in [2.45, 2.75) is 4.90 Å². The number of hydrogen-bond donors (Lipinski definition) is 1. The molecule has 0 amide bonds. The number of nitro benzene ring substituents is 1. The van der Waals surface area contributed by atoms with E-state index >= 15 is 0 Å². The second-order valence-corrected chi connectivity index (χ2v) is 6.20. The predicted molar refractivity (Wildman–Crippen MR) is 72.2 cm³/mol. The third kappa shape index (κ3) is 2.96. The molecular formula is C11H14FN3O5S. The standard InChI is InChI=1S/C11H14FN3O5S/c1-13-10-7-8(15(16)17)6-9(12)11(10)21(18,19)14-2-4-20-5-3-14/h6-7,13H,2-5H2,1H3. The minimum Gasteiger partial charge on any atom is -0.387 e. The number of ether oxygens (including phenoxy) is 1. The van der Waals surface area contributed by atoms with E-state index in [2.05, 4.69) is 5.32 Å². The van der Waals surface area contributed by atoms with E-state index in [0.29, 0.717) is 6.07 Å². The van der Waals surface area contributed by atoms with Crippen molar-refractivity contribution in [2.24, 2.45) is 0 Å². The fourth-order valence-electron chi connectivity index (χ4n) is 2.05. The molecule has 1 aliphatic rings. The third-order valence-corrected chi connectivity index (χ3v) is 5.05. The second kappa shape index (κ2) is 5.92. The van der Waals surface area contributed by atoms with Crippen LogP contribution in [0.15, 0.2) is 17.0 Å². The maximum absolute atomic E-state index is 14.1. The highest BCUT2D eigenvalue weighted by molar-refractivity contribution is 7.89. The zero-order chi connectivity index (χ0) is 15.6. The summed E-state index contributed by atoms with van der Waals surface area (Å²) in [5.74, 6) is -1.15. The number of anilines is 1. The van der Waals surface area contributed by atoms with Crippen molar-refractivity contribution in [1.29, 1.82) is 0 Å². The molecule has 21 heavy (non-hydrogen) atoms. The van der Waals surface area contributed by atoms with Gasteiger partial charge in [-0.15, -0.1) is 0 Å². The molecule has 10 heteroatoms. The van der Waals surface area contributed by atoms with E-state index < -0.39 is 31.3 Å². The van der Waals surface area contributed by atoms with Crippen LogP contribution in [0.25, 0.3) is 0 Å². The molecule has 0 aromatic heterocycles. The van der Waals surface area contributed by atoms with E-state index in [1.807, 2.05) is 0 Å². The van der Waals surface area contributed by atoms with E-state index in [1.165, 1.54) is 7.05 Å². The van der Waals surface area contributed by atoms with Gasteiger partial charge >= 0.3 is 0 Å². The molecule has 1 N–H and O–H groups in total. The molecule has 0 atom stereocenters. The Balaban J connectivity index is 2.54. The summed E-state index contributed by atoms with van der Waals surface area (Å²) in [6.07, 6.45) is 0. The number of nitrogens with zero attached hydrogens (tertiary/aromatic N) is 2. The van der Waals surface area contributed by atoms with Crippen LogP contribution in [0, 0.1) is 15.9 Å². The highest BCUT2D eigenvalue weighted by Gasteiger charge is 2.33. The van der Waals surface area contributed by atoms with Crippen molar-refractivity contribution >= 4 is 21.4 Å². The predicted octanol–water partition coefficient (Wildman–Crippen LogP) is 0.796. The van der Waals surface area contributed by atoms with Crippen LogP contribution in [0.4, 0.5) is 15.8 Å². The van der Waals surface area contributed by atoms with Crippen molar-refractivity contribution in [1.82, 2.24) is 4.31 Å². The van der Waals surface area contributed by atoms with Gasteiger partial charge in [0.05, 0.1) is 29.9 Å². The van der Waals surface area contributed by atoms with Gasteiger partial charge in [-0.2, -0.15) is 4.31 Å². The fourth-order valence-corrected chi connectivity index (χ4v) is 3.68. The average molecular weight is 319 g/mol. The maximum atomic E-state index is 14.1. The summed E-state index contributed by atoms with van der Waals surface area (Å²) in [7, 11) is -2.71. The van der Waals surface area contributed by atoms with Crippen molar-refractivity contribution < 1.29 is 22.5 Å². The first kappa shape index (κ1) is 15.6. The normalized spacial score (nSPS) is 16.7. The number of sulfonamides is 1. The number of halogens is 1. The zero-order valence-electron chi connectivity index (χ0n) is 11.2. The number of nitrogens with one attached hydrogen (secondary N) is 1. The molecular weight excluding hydrogens is 305 g/mol. The lowest BCUT2D eigenvalue weighted by atomic mass is 10.2. The summed E-state index contributed by atoms with van der Waals surface area (Å²) in [6.45, 7) is 0.676. The Morgan fingerprint density at radius 3 is 2.52 bits per heavy atom. The number of morpholine rings is 1. The summed E-state index contributed by atoms with van der Waals surface area (Å²) in [6, 6.07) is 1.60. The number of nitro groups is 1. The van der Waals surface area contributed by atoms with Crippen LogP contribution in [-0.2, 0) is 14.8 Å². The zero-order valence-corrected chi connectivity index (χ0v) is 12.0. The molecule has 0 unspecified atom stereocenters. The Kier molecular flexibility index (Phi) is 4.40. The lowest BCUT2D eigenvalue weighted by molar-refractivity contribution is -0.385. The molecule has 116 valence electrons. The molecule has 2 rings (SSSR count). The van der Waals surface area contributed by atoms with Crippen LogP contribution >= 0.6 is 0 Å². The molecule has 0 saturated carbocycles. The molecule has 1 heterocycles. The van der Waals surface area contributed by atoms with Crippen LogP contribution in [0.2, 0.25) is 0 Å². The van der Waals surface area contributed by atoms with Gasteiger partial charge in [0.25, 0.3) is 5.69 Å². The van der Waals surface area contributed by atoms with Crippen LogP contribution < -0.4 is 5.32 Å². The van der Waals surface area contributed by atoms with Crippen molar-refractivity contribution in [3.63, 3.8) is 0 Å². The number of benzene rings is 1. The van der Waals surface area contributed by atoms with Crippen LogP contribution in [0.1, 0.15) is 0 Å². The summed E-state index contributed by atoms with van der Waals surface area (Å²) < 4.78 is 45.3. The van der Waals surface area contributed by atoms with Crippen molar-refractivity contribution in [3.8, 4) is 0 Å². The quantitative estimate of drug-likeness (QED) is 0.650. The Morgan fingerprint density at radius 2 is 2.00 bits per heavy atom. The van der Waals surface area contributed by atoms with Gasteiger partial charge in [-0.1, -0.05) is 0 Å². The molecule has 1 aromatic rings. The Labute approximate surface area is 120 Å². The highest BCUT2D eigenvalue weighted by atomic mass is 32.2. The first-order valence-electron chi connectivity index (χ1n) is 6.11. The minimum atomic E-state index is -4.08. The van der Waals surface area contributed by atoms with Gasteiger partial charge in [0.15, 0.2) is 5.82 Å². The number of non-ortho nitro benzene ring substituents is 1. The van der Waals surface area contributed by atoms with Gasteiger partial charge in [0.1, 0.15) is 4.90 Å². The van der Waals surface area contributed by atoms with Crippen LogP contribution in [-0.4, -0.2) is 51.0 Å². The molecule has 8 nitrogen and oxygen atoms in total. The first-order valence-corrected chi connectivity index (χ1v) is 7.55. The van der Waals surface area contributed by atoms with E-state index in [-0.39, 0.29) is 32.0 Å². The summed E-state index contributed by atoms with van der Waals surface area (Å²) in [4.78, 5) is 9.35. The first-order chi connectivity index (χ1) is 9.87. The Morgan fingerprint density at radius 1 is 1.38 bits per heavy atom. The largest absolute Gasteiger partial charge is 0.387 e. The summed E-state index contributed by atoms with van der Waals surface area (Å²) in [5.41, 5.74) is -0.661. The molecule has 0 radical (unpaired) electrons. The van der Waals surface area contributed by atoms with Crippen molar-refractivity contribution in [3.05, 3.63) is 28.1 Å². The smallest absolute Gasteiger partial charge is 0.274 e. The van der Waals surface area contributed by atoms with Gasteiger partial charge in [-0.05, 0) is 0 Å². The molecule has 0 aliphatic carbocycles. The van der Waals surface area contributed by atoms with E-state index in [1.54, 1.807) is 0 Å². The topological polar surface area (TPSA) is 102 Å². The van der Waals surface area contributed by atoms with Gasteiger partial charge in [0.2, 0.25) is 10.0 Å². The molecule has 0 bridgehead atoms. The maximum Gasteiger partial charge on any atom is 0.274 e. The summed E-state index contributed by atoms with van der Waals surface area (Å²) >= 11 is 0. The van der Waals surface area contributed by atoms with Crippen LogP contribution in [0.3, 0.4) is 0 Å². The van der Waals surface area contributed by atoms with Crippen molar-refractivity contribution in [2.75, 3.05) is 38.7 Å². The highest BCUT2D eigenvalue weighted by Crippen LogP contribution is 2.31. The van der Waals surface area contributed by atoms with Gasteiger partial charge in [0, 0.05) is 26.2 Å². The van der Waals surface area contributed by atoms with Gasteiger partial charge in [-0.25, -0.2) is 12.8 Å². The van der Waals surface area contributed by atoms with E-state index in [4.69, 9.17) is 4.74 Å². The summed E-state index contributed by atoms with van der Waals surface area (Å²) in [5, 5.41) is 13.2. The lowest BCUT2D eigenvalue weighted by Gasteiger charge is -2.27. The average Bonchev–Trinajstić information content (AvgIpc) is 2.46. The minimum absolute atomic E-state index is 0.113. The third-order valence-electron chi connectivity index (χ3n) is 3.08. The molecule has 1 aliphatic heterocycles. The SMILES string of the molecule is CNc1cc([N+](=O)[O-])cc(F)c1S(=O)(=O)N1CCOCC1. The number of rotatable bonds is 4. The second-order valence-electron chi connectivity index (χ2n) is 4.33. The molecule has 1 aromatic carbocycles. The Bertz CT molecular complexity index is 658. The fraction of sp³-hybridized carbons (Fsp3) is 0.455. The Hall–Kier alpha value is -1.78. The number of hydrogen-bond acceptors (Lipinski definition) is 6. The molecule has 1 saturated heterocycles. The lowest BCUT2D eigenvalue weighted by Crippen LogP contribution is -2.41. The van der Waals surface area contributed by atoms with Gasteiger partial charge in [-0.3, -0.25) is 10.1 Å². The molecule has 0 spiro atoms.